The molecule has 0 aliphatic heterocycles. The number of hydrogen-bond acceptors (Lipinski definition) is 5. The Morgan fingerprint density at radius 2 is 1.79 bits per heavy atom. The molecule has 4 rings (SSSR count). The minimum absolute atomic E-state index is 0.212. The first-order valence-electron chi connectivity index (χ1n) is 10.6. The summed E-state index contributed by atoms with van der Waals surface area (Å²) in [5, 5.41) is 12.2. The van der Waals surface area contributed by atoms with Crippen molar-refractivity contribution in [1.82, 2.24) is 14.9 Å². The lowest BCUT2D eigenvalue weighted by Crippen LogP contribution is -2.13. The van der Waals surface area contributed by atoms with Gasteiger partial charge in [-0.25, -0.2) is 0 Å². The van der Waals surface area contributed by atoms with Crippen LogP contribution >= 0.6 is 11.6 Å². The minimum atomic E-state index is -0.212. The maximum Gasteiger partial charge on any atom is 0.255 e. The molecule has 170 valence electrons. The lowest BCUT2D eigenvalue weighted by atomic mass is 10.2. The predicted molar refractivity (Wildman–Crippen MR) is 127 cm³/mol. The Morgan fingerprint density at radius 3 is 2.45 bits per heavy atom. The van der Waals surface area contributed by atoms with Crippen LogP contribution in [-0.2, 0) is 13.2 Å². The van der Waals surface area contributed by atoms with Crippen molar-refractivity contribution in [3.05, 3.63) is 93.1 Å². The van der Waals surface area contributed by atoms with E-state index in [1.807, 2.05) is 56.6 Å². The van der Waals surface area contributed by atoms with Gasteiger partial charge in [0.15, 0.2) is 0 Å². The first-order chi connectivity index (χ1) is 15.8. The van der Waals surface area contributed by atoms with Gasteiger partial charge in [0.25, 0.3) is 5.91 Å². The standard InChI is InChI=1S/C25H25ClN4O3/c1-15-22(18(4)33-29-15)14-32-21-11-9-19(10-12-21)25(31)27-24-16(2)28-30(17(24)3)13-20-7-5-6-8-23(20)26/h5-12H,13-14H2,1-4H3,(H,27,31). The second kappa shape index (κ2) is 9.50. The van der Waals surface area contributed by atoms with Gasteiger partial charge < -0.3 is 14.6 Å². The lowest BCUT2D eigenvalue weighted by molar-refractivity contribution is 0.102. The number of benzene rings is 2. The zero-order valence-corrected chi connectivity index (χ0v) is 19.7. The van der Waals surface area contributed by atoms with Crippen LogP contribution in [-0.4, -0.2) is 20.8 Å². The van der Waals surface area contributed by atoms with Gasteiger partial charge in [-0.05, 0) is 63.6 Å². The van der Waals surface area contributed by atoms with Gasteiger partial charge in [0.2, 0.25) is 0 Å². The van der Waals surface area contributed by atoms with Gasteiger partial charge in [0.1, 0.15) is 18.1 Å². The highest BCUT2D eigenvalue weighted by atomic mass is 35.5. The molecule has 0 radical (unpaired) electrons. The van der Waals surface area contributed by atoms with Crippen molar-refractivity contribution >= 4 is 23.2 Å². The van der Waals surface area contributed by atoms with E-state index in [1.54, 1.807) is 24.3 Å². The molecule has 0 aliphatic rings. The van der Waals surface area contributed by atoms with E-state index in [9.17, 15) is 4.79 Å². The number of nitrogens with zero attached hydrogens (tertiary/aromatic N) is 3. The highest BCUT2D eigenvalue weighted by molar-refractivity contribution is 6.31. The molecule has 4 aromatic rings. The van der Waals surface area contributed by atoms with Crippen molar-refractivity contribution in [3.63, 3.8) is 0 Å². The Balaban J connectivity index is 1.43. The Bertz CT molecular complexity index is 1270. The molecule has 0 spiro atoms. The third-order valence-electron chi connectivity index (χ3n) is 5.58. The fourth-order valence-corrected chi connectivity index (χ4v) is 3.77. The molecule has 2 aromatic carbocycles. The first-order valence-corrected chi connectivity index (χ1v) is 10.9. The number of halogens is 1. The lowest BCUT2D eigenvalue weighted by Gasteiger charge is -2.09. The number of nitrogens with one attached hydrogen (secondary N) is 1. The molecule has 0 aliphatic carbocycles. The second-order valence-corrected chi connectivity index (χ2v) is 8.27. The summed E-state index contributed by atoms with van der Waals surface area (Å²) >= 11 is 6.29. The van der Waals surface area contributed by atoms with Crippen LogP contribution in [0.15, 0.2) is 53.1 Å². The maximum absolute atomic E-state index is 12.9. The van der Waals surface area contributed by atoms with Crippen molar-refractivity contribution in [1.29, 1.82) is 0 Å². The molecule has 0 saturated carbocycles. The monoisotopic (exact) mass is 464 g/mol. The molecule has 0 fully saturated rings. The number of ether oxygens (including phenoxy) is 1. The van der Waals surface area contributed by atoms with Gasteiger partial charge in [-0.15, -0.1) is 0 Å². The third-order valence-corrected chi connectivity index (χ3v) is 5.95. The van der Waals surface area contributed by atoms with Gasteiger partial charge in [0, 0.05) is 10.6 Å². The van der Waals surface area contributed by atoms with Crippen LogP contribution in [0.1, 0.15) is 44.3 Å². The summed E-state index contributed by atoms with van der Waals surface area (Å²) in [6.07, 6.45) is 0. The smallest absolute Gasteiger partial charge is 0.255 e. The SMILES string of the molecule is Cc1noc(C)c1COc1ccc(C(=O)Nc2c(C)nn(Cc3ccccc3Cl)c2C)cc1. The highest BCUT2D eigenvalue weighted by Gasteiger charge is 2.16. The van der Waals surface area contributed by atoms with Crippen molar-refractivity contribution in [2.45, 2.75) is 40.8 Å². The summed E-state index contributed by atoms with van der Waals surface area (Å²) in [6, 6.07) is 14.7. The van der Waals surface area contributed by atoms with Crippen LogP contribution in [0.25, 0.3) is 0 Å². The van der Waals surface area contributed by atoms with Crippen molar-refractivity contribution in [2.24, 2.45) is 0 Å². The summed E-state index contributed by atoms with van der Waals surface area (Å²) in [5.74, 6) is 1.19. The number of carbonyl (C=O) groups is 1. The van der Waals surface area contributed by atoms with Gasteiger partial charge in [-0.2, -0.15) is 5.10 Å². The van der Waals surface area contributed by atoms with Crippen LogP contribution in [0.3, 0.4) is 0 Å². The van der Waals surface area contributed by atoms with Crippen LogP contribution in [0.5, 0.6) is 5.75 Å². The summed E-state index contributed by atoms with van der Waals surface area (Å²) in [6.45, 7) is 8.42. The number of aromatic nitrogens is 3. The van der Waals surface area contributed by atoms with E-state index in [-0.39, 0.29) is 5.91 Å². The average molecular weight is 465 g/mol. The molecule has 2 heterocycles. The molecule has 7 nitrogen and oxygen atoms in total. The molecular formula is C25H25ClN4O3. The van der Waals surface area contributed by atoms with Crippen molar-refractivity contribution < 1.29 is 14.1 Å². The zero-order chi connectivity index (χ0) is 23.5. The fraction of sp³-hybridized carbons (Fsp3) is 0.240. The summed E-state index contributed by atoms with van der Waals surface area (Å²) in [4.78, 5) is 12.9. The van der Waals surface area contributed by atoms with E-state index >= 15 is 0 Å². The highest BCUT2D eigenvalue weighted by Crippen LogP contribution is 2.24. The molecule has 1 amide bonds. The Morgan fingerprint density at radius 1 is 1.06 bits per heavy atom. The average Bonchev–Trinajstić information content (AvgIpc) is 3.26. The molecule has 0 unspecified atom stereocenters. The molecule has 0 saturated heterocycles. The van der Waals surface area contributed by atoms with Crippen LogP contribution < -0.4 is 10.1 Å². The van der Waals surface area contributed by atoms with E-state index in [0.29, 0.717) is 35.2 Å². The maximum atomic E-state index is 12.9. The van der Waals surface area contributed by atoms with Gasteiger partial charge in [-0.3, -0.25) is 9.48 Å². The van der Waals surface area contributed by atoms with Crippen LogP contribution in [0.2, 0.25) is 5.02 Å². The van der Waals surface area contributed by atoms with Gasteiger partial charge in [0.05, 0.1) is 34.9 Å². The molecule has 8 heteroatoms. The van der Waals surface area contributed by atoms with Crippen molar-refractivity contribution in [3.8, 4) is 5.75 Å². The Hall–Kier alpha value is -3.58. The fourth-order valence-electron chi connectivity index (χ4n) is 3.57. The minimum Gasteiger partial charge on any atom is -0.489 e. The number of carbonyl (C=O) groups excluding carboxylic acids is 1. The summed E-state index contributed by atoms with van der Waals surface area (Å²) < 4.78 is 12.8. The number of rotatable bonds is 7. The number of amides is 1. The van der Waals surface area contributed by atoms with E-state index in [0.717, 1.165) is 34.0 Å². The van der Waals surface area contributed by atoms with Gasteiger partial charge >= 0.3 is 0 Å². The van der Waals surface area contributed by atoms with E-state index in [4.69, 9.17) is 20.9 Å². The number of hydrogen-bond donors (Lipinski definition) is 1. The van der Waals surface area contributed by atoms with Crippen LogP contribution in [0.4, 0.5) is 5.69 Å². The Labute approximate surface area is 197 Å². The summed E-state index contributed by atoms with van der Waals surface area (Å²) in [7, 11) is 0. The van der Waals surface area contributed by atoms with E-state index in [2.05, 4.69) is 15.6 Å². The normalized spacial score (nSPS) is 10.9. The topological polar surface area (TPSA) is 82.2 Å². The molecule has 1 N–H and O–H groups in total. The third kappa shape index (κ3) is 4.93. The molecule has 2 aromatic heterocycles. The summed E-state index contributed by atoms with van der Waals surface area (Å²) in [5.41, 5.74) is 5.53. The van der Waals surface area contributed by atoms with E-state index in [1.165, 1.54) is 0 Å². The van der Waals surface area contributed by atoms with Crippen molar-refractivity contribution in [2.75, 3.05) is 5.32 Å². The molecule has 0 atom stereocenters. The van der Waals surface area contributed by atoms with E-state index < -0.39 is 0 Å². The quantitative estimate of drug-likeness (QED) is 0.383. The predicted octanol–water partition coefficient (Wildman–Crippen LogP) is 5.64. The number of anilines is 1. The first kappa shape index (κ1) is 22.6. The van der Waals surface area contributed by atoms with Crippen LogP contribution in [0, 0.1) is 27.7 Å². The second-order valence-electron chi connectivity index (χ2n) is 7.86. The molecular weight excluding hydrogens is 440 g/mol. The molecule has 0 bridgehead atoms. The molecule has 33 heavy (non-hydrogen) atoms. The zero-order valence-electron chi connectivity index (χ0n) is 19.0. The van der Waals surface area contributed by atoms with Gasteiger partial charge in [-0.1, -0.05) is 35.0 Å². The number of aryl methyl sites for hydroxylation is 3. The largest absolute Gasteiger partial charge is 0.489 e. The Kier molecular flexibility index (Phi) is 6.51.